The van der Waals surface area contributed by atoms with Gasteiger partial charge in [0.25, 0.3) is 0 Å². The zero-order valence-electron chi connectivity index (χ0n) is 28.2. The molecule has 0 aliphatic rings. The second-order valence-corrected chi connectivity index (χ2v) is 13.5. The van der Waals surface area contributed by atoms with Crippen molar-refractivity contribution < 1.29 is 0 Å². The van der Waals surface area contributed by atoms with E-state index in [1.165, 1.54) is 60.1 Å². The van der Waals surface area contributed by atoms with E-state index >= 15 is 0 Å². The SMILES string of the molecule is c1ccc(-n2c3ccccc3c3ccc4c5ccccc5nc(-c5ccc(-c6cccc(-n7c8ccccc8c8ccccc87)c6)cc5)c4c32)cc1. The Morgan fingerprint density at radius 2 is 0.865 bits per heavy atom. The first-order valence-corrected chi connectivity index (χ1v) is 17.8. The molecule has 0 spiro atoms. The first kappa shape index (κ1) is 28.8. The van der Waals surface area contributed by atoms with E-state index in [1.54, 1.807) is 0 Å². The maximum Gasteiger partial charge on any atom is 0.0809 e. The van der Waals surface area contributed by atoms with Gasteiger partial charge >= 0.3 is 0 Å². The quantitative estimate of drug-likeness (QED) is 0.172. The fourth-order valence-electron chi connectivity index (χ4n) is 8.40. The molecule has 0 aliphatic carbocycles. The number of fused-ring (bicyclic) bond motifs is 10. The Hall–Kier alpha value is -6.97. The van der Waals surface area contributed by atoms with Crippen molar-refractivity contribution in [3.05, 3.63) is 188 Å². The number of aromatic nitrogens is 3. The number of hydrogen-bond donors (Lipinski definition) is 0. The van der Waals surface area contributed by atoms with Gasteiger partial charge in [0.15, 0.2) is 0 Å². The van der Waals surface area contributed by atoms with Crippen molar-refractivity contribution in [2.45, 2.75) is 0 Å². The molecule has 8 aromatic carbocycles. The number of pyridine rings is 1. The second kappa shape index (κ2) is 11.3. The third kappa shape index (κ3) is 4.23. The molecular weight excluding hydrogens is 631 g/mol. The van der Waals surface area contributed by atoms with Gasteiger partial charge in [0.05, 0.1) is 33.3 Å². The first-order chi connectivity index (χ1) is 25.8. The van der Waals surface area contributed by atoms with E-state index in [0.29, 0.717) is 0 Å². The molecule has 0 saturated heterocycles. The van der Waals surface area contributed by atoms with Gasteiger partial charge in [-0.05, 0) is 65.0 Å². The molecule has 0 amide bonds. The Kier molecular flexibility index (Phi) is 6.25. The van der Waals surface area contributed by atoms with Gasteiger partial charge in [0, 0.05) is 49.3 Å². The minimum absolute atomic E-state index is 0.991. The summed E-state index contributed by atoms with van der Waals surface area (Å²) in [5.74, 6) is 0. The van der Waals surface area contributed by atoms with Crippen LogP contribution in [0.3, 0.4) is 0 Å². The highest BCUT2D eigenvalue weighted by atomic mass is 15.0. The summed E-state index contributed by atoms with van der Waals surface area (Å²) in [5.41, 5.74) is 12.5. The summed E-state index contributed by atoms with van der Waals surface area (Å²) in [5, 5.41) is 8.52. The Morgan fingerprint density at radius 3 is 1.58 bits per heavy atom. The van der Waals surface area contributed by atoms with Gasteiger partial charge in [-0.2, -0.15) is 0 Å². The van der Waals surface area contributed by atoms with Crippen molar-refractivity contribution in [2.24, 2.45) is 0 Å². The molecule has 3 aromatic heterocycles. The number of rotatable bonds is 4. The molecule has 52 heavy (non-hydrogen) atoms. The molecule has 11 rings (SSSR count). The van der Waals surface area contributed by atoms with Crippen LogP contribution in [0.4, 0.5) is 0 Å². The number of nitrogens with zero attached hydrogens (tertiary/aromatic N) is 3. The lowest BCUT2D eigenvalue weighted by molar-refractivity contribution is 1.18. The van der Waals surface area contributed by atoms with Crippen molar-refractivity contribution in [1.82, 2.24) is 14.1 Å². The molecule has 0 atom stereocenters. The monoisotopic (exact) mass is 661 g/mol. The summed E-state index contributed by atoms with van der Waals surface area (Å²) in [7, 11) is 0. The van der Waals surface area contributed by atoms with Gasteiger partial charge in [-0.15, -0.1) is 0 Å². The van der Waals surface area contributed by atoms with Crippen LogP contribution in [-0.4, -0.2) is 14.1 Å². The third-order valence-electron chi connectivity index (χ3n) is 10.7. The molecular formula is C49H31N3. The Bertz CT molecular complexity index is 3110. The van der Waals surface area contributed by atoms with E-state index in [-0.39, 0.29) is 0 Å². The van der Waals surface area contributed by atoms with E-state index < -0.39 is 0 Å². The molecule has 3 heteroatoms. The first-order valence-electron chi connectivity index (χ1n) is 17.8. The minimum atomic E-state index is 0.991. The summed E-state index contributed by atoms with van der Waals surface area (Å²) in [6.45, 7) is 0. The van der Waals surface area contributed by atoms with Crippen molar-refractivity contribution >= 4 is 65.3 Å². The molecule has 0 saturated carbocycles. The lowest BCUT2D eigenvalue weighted by Gasteiger charge is -2.15. The highest BCUT2D eigenvalue weighted by Crippen LogP contribution is 2.42. The van der Waals surface area contributed by atoms with Crippen LogP contribution in [0.25, 0.3) is 99.0 Å². The summed E-state index contributed by atoms with van der Waals surface area (Å²) in [4.78, 5) is 5.42. The van der Waals surface area contributed by atoms with E-state index in [4.69, 9.17) is 4.98 Å². The molecule has 0 bridgehead atoms. The van der Waals surface area contributed by atoms with Gasteiger partial charge in [-0.25, -0.2) is 4.98 Å². The van der Waals surface area contributed by atoms with Crippen molar-refractivity contribution in [3.63, 3.8) is 0 Å². The third-order valence-corrected chi connectivity index (χ3v) is 10.7. The lowest BCUT2D eigenvalue weighted by atomic mass is 9.96. The summed E-state index contributed by atoms with van der Waals surface area (Å²) >= 11 is 0. The molecule has 0 radical (unpaired) electrons. The predicted octanol–water partition coefficient (Wildman–Crippen LogP) is 12.9. The molecule has 0 N–H and O–H groups in total. The molecule has 0 unspecified atom stereocenters. The van der Waals surface area contributed by atoms with Crippen molar-refractivity contribution in [2.75, 3.05) is 0 Å². The molecule has 242 valence electrons. The average molecular weight is 662 g/mol. The normalized spacial score (nSPS) is 11.8. The highest BCUT2D eigenvalue weighted by molar-refractivity contribution is 6.25. The summed E-state index contributed by atoms with van der Waals surface area (Å²) in [6, 6.07) is 67.8. The van der Waals surface area contributed by atoms with Crippen LogP contribution in [0.15, 0.2) is 188 Å². The standard InChI is InChI=1S/C49H31N3/c1-2-14-35(15-3-1)52-46-24-11-7-20-40(46)42-30-29-41-37-17-4-8-21-43(37)50-48(47(41)49(42)52)33-27-25-32(26-28-33)34-13-12-16-36(31-34)51-44-22-9-5-18-38(44)39-19-6-10-23-45(39)51/h1-31H. The van der Waals surface area contributed by atoms with E-state index in [0.717, 1.165) is 38.9 Å². The maximum absolute atomic E-state index is 5.42. The Balaban J connectivity index is 1.12. The summed E-state index contributed by atoms with van der Waals surface area (Å²) in [6.07, 6.45) is 0. The molecule has 0 aliphatic heterocycles. The van der Waals surface area contributed by atoms with Crippen LogP contribution in [-0.2, 0) is 0 Å². The minimum Gasteiger partial charge on any atom is -0.309 e. The topological polar surface area (TPSA) is 22.8 Å². The maximum atomic E-state index is 5.42. The molecule has 0 fully saturated rings. The fourth-order valence-corrected chi connectivity index (χ4v) is 8.40. The summed E-state index contributed by atoms with van der Waals surface area (Å²) < 4.78 is 4.80. The van der Waals surface area contributed by atoms with Crippen molar-refractivity contribution in [1.29, 1.82) is 0 Å². The Labute approximate surface area is 300 Å². The van der Waals surface area contributed by atoms with E-state index in [2.05, 4.69) is 197 Å². The fraction of sp³-hybridized carbons (Fsp3) is 0. The van der Waals surface area contributed by atoms with Crippen molar-refractivity contribution in [3.8, 4) is 33.8 Å². The van der Waals surface area contributed by atoms with Crippen LogP contribution in [0.5, 0.6) is 0 Å². The Morgan fingerprint density at radius 1 is 0.327 bits per heavy atom. The zero-order valence-corrected chi connectivity index (χ0v) is 28.2. The van der Waals surface area contributed by atoms with E-state index in [1.807, 2.05) is 0 Å². The smallest absolute Gasteiger partial charge is 0.0809 e. The van der Waals surface area contributed by atoms with Crippen LogP contribution in [0.2, 0.25) is 0 Å². The molecule has 3 nitrogen and oxygen atoms in total. The zero-order chi connectivity index (χ0) is 34.2. The average Bonchev–Trinajstić information content (AvgIpc) is 3.74. The number of benzene rings is 8. The molecule has 11 aromatic rings. The van der Waals surface area contributed by atoms with E-state index in [9.17, 15) is 0 Å². The lowest BCUT2D eigenvalue weighted by Crippen LogP contribution is -1.97. The second-order valence-electron chi connectivity index (χ2n) is 13.5. The van der Waals surface area contributed by atoms with Gasteiger partial charge in [-0.3, -0.25) is 0 Å². The molecule has 3 heterocycles. The van der Waals surface area contributed by atoms with Gasteiger partial charge in [0.1, 0.15) is 0 Å². The highest BCUT2D eigenvalue weighted by Gasteiger charge is 2.20. The van der Waals surface area contributed by atoms with Crippen LogP contribution >= 0.6 is 0 Å². The van der Waals surface area contributed by atoms with Crippen LogP contribution in [0.1, 0.15) is 0 Å². The number of para-hydroxylation sites is 5. The largest absolute Gasteiger partial charge is 0.309 e. The van der Waals surface area contributed by atoms with Crippen LogP contribution < -0.4 is 0 Å². The van der Waals surface area contributed by atoms with Gasteiger partial charge < -0.3 is 9.13 Å². The number of hydrogen-bond acceptors (Lipinski definition) is 1. The van der Waals surface area contributed by atoms with Crippen LogP contribution in [0, 0.1) is 0 Å². The van der Waals surface area contributed by atoms with Gasteiger partial charge in [-0.1, -0.05) is 140 Å². The predicted molar refractivity (Wildman–Crippen MR) is 219 cm³/mol. The van der Waals surface area contributed by atoms with Gasteiger partial charge in [0.2, 0.25) is 0 Å².